The molecule has 6 rings (SSSR count). The molecule has 4 atom stereocenters. The smallest absolute Gasteiger partial charge is 0.257 e. The van der Waals surface area contributed by atoms with Crippen molar-refractivity contribution in [1.82, 2.24) is 41.0 Å². The van der Waals surface area contributed by atoms with E-state index < -0.39 is 0 Å². The lowest BCUT2D eigenvalue weighted by Crippen LogP contribution is -2.44. The average molecular weight is 356 g/mol. The fourth-order valence-corrected chi connectivity index (χ4v) is 5.07. The van der Waals surface area contributed by atoms with Crippen molar-refractivity contribution in [1.29, 1.82) is 0 Å². The summed E-state index contributed by atoms with van der Waals surface area (Å²) in [7, 11) is 0. The van der Waals surface area contributed by atoms with Crippen LogP contribution in [-0.2, 0) is 4.79 Å². The molecule has 3 unspecified atom stereocenters. The first kappa shape index (κ1) is 15.5. The van der Waals surface area contributed by atoms with E-state index in [9.17, 15) is 9.59 Å². The highest BCUT2D eigenvalue weighted by molar-refractivity contribution is 5.97. The van der Waals surface area contributed by atoms with Crippen LogP contribution in [0.3, 0.4) is 0 Å². The number of hydrogen-bond acceptors (Lipinski definition) is 6. The minimum Gasteiger partial charge on any atom is -0.354 e. The van der Waals surface area contributed by atoms with Crippen molar-refractivity contribution >= 4 is 11.8 Å². The normalized spacial score (nSPS) is 31.7. The summed E-state index contributed by atoms with van der Waals surface area (Å²) in [4.78, 5) is 25.0. The molecule has 0 aliphatic heterocycles. The Kier molecular flexibility index (Phi) is 3.34. The van der Waals surface area contributed by atoms with Gasteiger partial charge in [0.25, 0.3) is 5.91 Å². The average Bonchev–Trinajstić information content (AvgIpc) is 3.30. The van der Waals surface area contributed by atoms with Gasteiger partial charge < -0.3 is 10.6 Å². The predicted molar refractivity (Wildman–Crippen MR) is 87.9 cm³/mol. The van der Waals surface area contributed by atoms with E-state index in [0.29, 0.717) is 29.8 Å². The Morgan fingerprint density at radius 2 is 2.19 bits per heavy atom. The third-order valence-electron chi connectivity index (χ3n) is 6.17. The third-order valence-corrected chi connectivity index (χ3v) is 6.17. The quantitative estimate of drug-likeness (QED) is 0.641. The fourth-order valence-electron chi connectivity index (χ4n) is 5.07. The number of rotatable bonds is 6. The molecule has 0 aromatic carbocycles. The number of amides is 2. The van der Waals surface area contributed by atoms with Gasteiger partial charge in [-0.05, 0) is 53.9 Å². The summed E-state index contributed by atoms with van der Waals surface area (Å²) >= 11 is 0. The lowest BCUT2D eigenvalue weighted by Gasteiger charge is -2.18. The molecule has 2 aromatic rings. The second-order valence-electron chi connectivity index (χ2n) is 7.67. The molecular formula is C16H20N8O2. The van der Waals surface area contributed by atoms with Gasteiger partial charge in [-0.3, -0.25) is 14.7 Å². The number of hydrogen-bond donors (Lipinski definition) is 3. The second-order valence-corrected chi connectivity index (χ2v) is 7.67. The van der Waals surface area contributed by atoms with Crippen molar-refractivity contribution in [3.63, 3.8) is 0 Å². The summed E-state index contributed by atoms with van der Waals surface area (Å²) in [6.07, 6.45) is 5.28. The molecule has 10 heteroatoms. The molecule has 0 radical (unpaired) electrons. The van der Waals surface area contributed by atoms with E-state index in [1.807, 2.05) is 6.92 Å². The molecule has 136 valence electrons. The van der Waals surface area contributed by atoms with E-state index in [2.05, 4.69) is 36.4 Å². The summed E-state index contributed by atoms with van der Waals surface area (Å²) in [5.74, 6) is 3.32. The standard InChI is InChI=1S/C16H20N8O2/c1-7(4-17-16(26)12-8-2-9-10(3-8)13(9)12)20-15(25)11-5-18-21-14(11)24-6-19-22-23-24/h5-10,12-13H,2-4H2,1H3,(H,17,26)(H,18,21)(H,20,25)/t7-,8?,9?,10?,12?,13?/m1/s1. The maximum absolute atomic E-state index is 12.5. The molecule has 4 saturated carbocycles. The maximum Gasteiger partial charge on any atom is 0.257 e. The van der Waals surface area contributed by atoms with Crippen molar-refractivity contribution in [2.24, 2.45) is 29.6 Å². The largest absolute Gasteiger partial charge is 0.354 e. The fraction of sp³-hybridized carbons (Fsp3) is 0.625. The van der Waals surface area contributed by atoms with Crippen molar-refractivity contribution in [3.05, 3.63) is 18.1 Å². The van der Waals surface area contributed by atoms with Gasteiger partial charge in [-0.15, -0.1) is 5.10 Å². The minimum absolute atomic E-state index is 0.154. The second kappa shape index (κ2) is 5.61. The Hall–Kier alpha value is -2.78. The molecule has 4 bridgehead atoms. The number of aromatic nitrogens is 6. The van der Waals surface area contributed by atoms with Crippen molar-refractivity contribution < 1.29 is 9.59 Å². The van der Waals surface area contributed by atoms with Gasteiger partial charge in [-0.2, -0.15) is 9.78 Å². The van der Waals surface area contributed by atoms with Gasteiger partial charge in [-0.25, -0.2) is 0 Å². The van der Waals surface area contributed by atoms with Crippen LogP contribution >= 0.6 is 0 Å². The van der Waals surface area contributed by atoms with Crippen molar-refractivity contribution in [2.45, 2.75) is 25.8 Å². The Balaban J connectivity index is 1.16. The van der Waals surface area contributed by atoms with Gasteiger partial charge in [0.05, 0.1) is 6.20 Å². The monoisotopic (exact) mass is 356 g/mol. The van der Waals surface area contributed by atoms with Crippen LogP contribution in [0.1, 0.15) is 30.1 Å². The van der Waals surface area contributed by atoms with Gasteiger partial charge in [0, 0.05) is 18.5 Å². The molecule has 26 heavy (non-hydrogen) atoms. The van der Waals surface area contributed by atoms with E-state index in [-0.39, 0.29) is 23.8 Å². The lowest BCUT2D eigenvalue weighted by molar-refractivity contribution is -0.126. The summed E-state index contributed by atoms with van der Waals surface area (Å²) in [5, 5.41) is 23.3. The van der Waals surface area contributed by atoms with E-state index >= 15 is 0 Å². The van der Waals surface area contributed by atoms with Crippen LogP contribution in [0, 0.1) is 29.6 Å². The molecular weight excluding hydrogens is 336 g/mol. The predicted octanol–water partition coefficient (Wildman–Crippen LogP) is -0.478. The highest BCUT2D eigenvalue weighted by Crippen LogP contribution is 2.73. The topological polar surface area (TPSA) is 130 Å². The SMILES string of the molecule is C[C@H](CNC(=O)C1C2CC3C(C2)C31)NC(=O)c1cn[nH]c1-n1cnnn1. The van der Waals surface area contributed by atoms with Crippen LogP contribution in [0.25, 0.3) is 5.82 Å². The van der Waals surface area contributed by atoms with E-state index in [0.717, 1.165) is 11.8 Å². The number of H-pyrrole nitrogens is 1. The molecule has 2 aromatic heterocycles. The van der Waals surface area contributed by atoms with Crippen LogP contribution in [-0.4, -0.2) is 54.8 Å². The molecule has 2 heterocycles. The van der Waals surface area contributed by atoms with Gasteiger partial charge in [-0.1, -0.05) is 0 Å². The molecule has 4 aliphatic carbocycles. The Labute approximate surface area is 149 Å². The summed E-state index contributed by atoms with van der Waals surface area (Å²) in [6, 6.07) is -0.200. The molecule has 0 spiro atoms. The molecule has 0 saturated heterocycles. The zero-order valence-electron chi connectivity index (χ0n) is 14.3. The highest BCUT2D eigenvalue weighted by Gasteiger charge is 2.70. The Morgan fingerprint density at radius 1 is 1.38 bits per heavy atom. The van der Waals surface area contributed by atoms with Crippen LogP contribution in [0.4, 0.5) is 0 Å². The minimum atomic E-state index is -0.295. The summed E-state index contributed by atoms with van der Waals surface area (Å²) in [5.41, 5.74) is 0.341. The first-order valence-electron chi connectivity index (χ1n) is 8.98. The molecule has 4 aliphatic rings. The van der Waals surface area contributed by atoms with Crippen LogP contribution in [0.2, 0.25) is 0 Å². The number of nitrogens with one attached hydrogen (secondary N) is 3. The van der Waals surface area contributed by atoms with Crippen LogP contribution < -0.4 is 10.6 Å². The number of tetrazole rings is 1. The summed E-state index contributed by atoms with van der Waals surface area (Å²) in [6.45, 7) is 2.28. The lowest BCUT2D eigenvalue weighted by atomic mass is 9.97. The zero-order chi connectivity index (χ0) is 17.8. The molecule has 3 N–H and O–H groups in total. The van der Waals surface area contributed by atoms with Crippen LogP contribution in [0.15, 0.2) is 12.5 Å². The number of carbonyl (C=O) groups is 2. The zero-order valence-corrected chi connectivity index (χ0v) is 14.3. The van der Waals surface area contributed by atoms with E-state index in [1.54, 1.807) is 0 Å². The third kappa shape index (κ3) is 2.31. The van der Waals surface area contributed by atoms with Gasteiger partial charge in [0.1, 0.15) is 11.9 Å². The van der Waals surface area contributed by atoms with Gasteiger partial charge in [0.2, 0.25) is 5.91 Å². The Morgan fingerprint density at radius 3 is 2.85 bits per heavy atom. The van der Waals surface area contributed by atoms with E-state index in [1.165, 1.54) is 30.0 Å². The molecule has 4 fully saturated rings. The molecule has 10 nitrogen and oxygen atoms in total. The van der Waals surface area contributed by atoms with Gasteiger partial charge in [0.15, 0.2) is 5.82 Å². The number of aromatic amines is 1. The van der Waals surface area contributed by atoms with Crippen molar-refractivity contribution in [3.8, 4) is 5.82 Å². The highest BCUT2D eigenvalue weighted by atomic mass is 16.2. The Bertz CT molecular complexity index is 832. The maximum atomic E-state index is 12.5. The van der Waals surface area contributed by atoms with Gasteiger partial charge >= 0.3 is 0 Å². The summed E-state index contributed by atoms with van der Waals surface area (Å²) < 4.78 is 1.34. The number of nitrogens with zero attached hydrogens (tertiary/aromatic N) is 5. The molecule has 2 amide bonds. The number of carbonyl (C=O) groups excluding carboxylic acids is 2. The first-order valence-corrected chi connectivity index (χ1v) is 8.98. The van der Waals surface area contributed by atoms with Crippen LogP contribution in [0.5, 0.6) is 0 Å². The van der Waals surface area contributed by atoms with E-state index in [4.69, 9.17) is 0 Å². The first-order chi connectivity index (χ1) is 12.6. The van der Waals surface area contributed by atoms with Crippen molar-refractivity contribution in [2.75, 3.05) is 6.54 Å².